The van der Waals surface area contributed by atoms with Gasteiger partial charge in [-0.3, -0.25) is 4.79 Å². The first-order valence-corrected chi connectivity index (χ1v) is 6.31. The van der Waals surface area contributed by atoms with Crippen LogP contribution in [0.4, 0.5) is 11.4 Å². The molecule has 2 rings (SSSR count). The minimum Gasteiger partial charge on any atom is -0.398 e. The van der Waals surface area contributed by atoms with E-state index in [9.17, 15) is 4.79 Å². The monoisotopic (exact) mass is 324 g/mol. The summed E-state index contributed by atoms with van der Waals surface area (Å²) in [5, 5.41) is 7.00. The standard InChI is InChI=1S/C12H13BrN4O2/c1-6-2-7(17-19-6)5-16-11-3-8(12(15)18)10(14)4-9(11)13/h2-4,16H,5,14H2,1H3,(H2,15,18). The summed E-state index contributed by atoms with van der Waals surface area (Å²) in [6.45, 7) is 2.29. The van der Waals surface area contributed by atoms with Gasteiger partial charge in [-0.2, -0.15) is 0 Å². The molecule has 0 unspecified atom stereocenters. The molecule has 0 saturated carbocycles. The number of carbonyl (C=O) groups excluding carboxylic acids is 1. The van der Waals surface area contributed by atoms with Crippen LogP contribution < -0.4 is 16.8 Å². The van der Waals surface area contributed by atoms with E-state index in [1.54, 1.807) is 12.1 Å². The molecule has 19 heavy (non-hydrogen) atoms. The molecule has 0 aliphatic rings. The van der Waals surface area contributed by atoms with Crippen molar-refractivity contribution in [1.29, 1.82) is 0 Å². The molecule has 0 aliphatic heterocycles. The third-order valence-corrected chi connectivity index (χ3v) is 3.20. The predicted octanol–water partition coefficient (Wildman–Crippen LogP) is 2.04. The van der Waals surface area contributed by atoms with Gasteiger partial charge < -0.3 is 21.3 Å². The van der Waals surface area contributed by atoms with E-state index in [1.807, 2.05) is 13.0 Å². The van der Waals surface area contributed by atoms with Crippen molar-refractivity contribution in [3.8, 4) is 0 Å². The molecule has 0 saturated heterocycles. The van der Waals surface area contributed by atoms with Gasteiger partial charge in [0, 0.05) is 21.9 Å². The van der Waals surface area contributed by atoms with E-state index < -0.39 is 5.91 Å². The Labute approximate surface area is 118 Å². The summed E-state index contributed by atoms with van der Waals surface area (Å²) in [5.41, 5.74) is 13.1. The van der Waals surface area contributed by atoms with E-state index >= 15 is 0 Å². The number of nitrogens with two attached hydrogens (primary N) is 2. The van der Waals surface area contributed by atoms with Gasteiger partial charge in [0.2, 0.25) is 0 Å². The van der Waals surface area contributed by atoms with Crippen molar-refractivity contribution in [3.63, 3.8) is 0 Å². The Bertz CT molecular complexity index is 624. The normalized spacial score (nSPS) is 10.4. The Morgan fingerprint density at radius 2 is 2.21 bits per heavy atom. The first-order chi connectivity index (χ1) is 8.97. The van der Waals surface area contributed by atoms with Crippen LogP contribution in [-0.2, 0) is 6.54 Å². The molecule has 7 heteroatoms. The number of carbonyl (C=O) groups is 1. The summed E-state index contributed by atoms with van der Waals surface area (Å²) >= 11 is 3.37. The molecule has 1 aromatic heterocycles. The topological polar surface area (TPSA) is 107 Å². The Morgan fingerprint density at radius 1 is 1.47 bits per heavy atom. The molecule has 6 nitrogen and oxygen atoms in total. The van der Waals surface area contributed by atoms with E-state index in [4.69, 9.17) is 16.0 Å². The second-order valence-electron chi connectivity index (χ2n) is 4.07. The van der Waals surface area contributed by atoms with Gasteiger partial charge in [-0.15, -0.1) is 0 Å². The Balaban J connectivity index is 2.20. The summed E-state index contributed by atoms with van der Waals surface area (Å²) in [4.78, 5) is 11.2. The number of primary amides is 1. The van der Waals surface area contributed by atoms with Gasteiger partial charge >= 0.3 is 0 Å². The molecule has 5 N–H and O–H groups in total. The van der Waals surface area contributed by atoms with E-state index in [1.165, 1.54) is 0 Å². The van der Waals surface area contributed by atoms with Crippen LogP contribution in [0.25, 0.3) is 0 Å². The van der Waals surface area contributed by atoms with E-state index in [0.29, 0.717) is 17.9 Å². The van der Waals surface area contributed by atoms with E-state index in [2.05, 4.69) is 26.4 Å². The van der Waals surface area contributed by atoms with Crippen LogP contribution >= 0.6 is 15.9 Å². The van der Waals surface area contributed by atoms with E-state index in [-0.39, 0.29) is 5.56 Å². The summed E-state index contributed by atoms with van der Waals surface area (Å²) in [7, 11) is 0. The van der Waals surface area contributed by atoms with Gasteiger partial charge in [0.15, 0.2) is 0 Å². The highest BCUT2D eigenvalue weighted by molar-refractivity contribution is 9.10. The van der Waals surface area contributed by atoms with Crippen molar-refractivity contribution < 1.29 is 9.32 Å². The van der Waals surface area contributed by atoms with Gasteiger partial charge in [0.25, 0.3) is 5.91 Å². The molecular weight excluding hydrogens is 312 g/mol. The maximum Gasteiger partial charge on any atom is 0.250 e. The number of nitrogen functional groups attached to an aromatic ring is 1. The predicted molar refractivity (Wildman–Crippen MR) is 75.6 cm³/mol. The second kappa shape index (κ2) is 5.31. The third-order valence-electron chi connectivity index (χ3n) is 2.54. The second-order valence-corrected chi connectivity index (χ2v) is 4.92. The molecule has 1 heterocycles. The average Bonchev–Trinajstić information content (AvgIpc) is 2.73. The highest BCUT2D eigenvalue weighted by Gasteiger charge is 2.11. The third kappa shape index (κ3) is 3.05. The van der Waals surface area contributed by atoms with Gasteiger partial charge in [-0.1, -0.05) is 5.16 Å². The maximum absolute atomic E-state index is 11.2. The Morgan fingerprint density at radius 3 is 2.79 bits per heavy atom. The molecular formula is C12H13BrN4O2. The summed E-state index contributed by atoms with van der Waals surface area (Å²) in [6.07, 6.45) is 0. The molecule has 0 aliphatic carbocycles. The Hall–Kier alpha value is -2.02. The van der Waals surface area contributed by atoms with Gasteiger partial charge in [0.1, 0.15) is 11.5 Å². The van der Waals surface area contributed by atoms with Gasteiger partial charge in [0.05, 0.1) is 12.1 Å². The molecule has 0 atom stereocenters. The number of halogens is 1. The fourth-order valence-corrected chi connectivity index (χ4v) is 2.13. The number of nitrogens with one attached hydrogen (secondary N) is 1. The van der Waals surface area contributed by atoms with Crippen LogP contribution in [0.3, 0.4) is 0 Å². The number of aryl methyl sites for hydroxylation is 1. The number of hydrogen-bond donors (Lipinski definition) is 3. The number of amides is 1. The zero-order valence-electron chi connectivity index (χ0n) is 10.2. The number of aromatic nitrogens is 1. The van der Waals surface area contributed by atoms with Crippen LogP contribution in [-0.4, -0.2) is 11.1 Å². The molecule has 0 bridgehead atoms. The smallest absolute Gasteiger partial charge is 0.250 e. The molecule has 1 aromatic carbocycles. The number of nitrogens with zero attached hydrogens (tertiary/aromatic N) is 1. The van der Waals surface area contributed by atoms with Crippen LogP contribution in [0.5, 0.6) is 0 Å². The van der Waals surface area contributed by atoms with Crippen molar-refractivity contribution in [1.82, 2.24) is 5.16 Å². The largest absolute Gasteiger partial charge is 0.398 e. The maximum atomic E-state index is 11.2. The first kappa shape index (κ1) is 13.4. The lowest BCUT2D eigenvalue weighted by Crippen LogP contribution is -2.14. The van der Waals surface area contributed by atoms with E-state index in [0.717, 1.165) is 15.9 Å². The molecule has 0 spiro atoms. The average molecular weight is 325 g/mol. The molecule has 1 amide bonds. The zero-order valence-corrected chi connectivity index (χ0v) is 11.8. The Kier molecular flexibility index (Phi) is 3.75. The van der Waals surface area contributed by atoms with Crippen molar-refractivity contribution in [2.75, 3.05) is 11.1 Å². The van der Waals surface area contributed by atoms with Crippen LogP contribution in [0.15, 0.2) is 27.2 Å². The fourth-order valence-electron chi connectivity index (χ4n) is 1.62. The lowest BCUT2D eigenvalue weighted by molar-refractivity contribution is 0.100. The minimum absolute atomic E-state index is 0.280. The minimum atomic E-state index is -0.565. The first-order valence-electron chi connectivity index (χ1n) is 5.52. The molecule has 0 fully saturated rings. The van der Waals surface area contributed by atoms with Gasteiger partial charge in [-0.25, -0.2) is 0 Å². The lowest BCUT2D eigenvalue weighted by atomic mass is 10.1. The van der Waals surface area contributed by atoms with Crippen LogP contribution in [0.2, 0.25) is 0 Å². The highest BCUT2D eigenvalue weighted by atomic mass is 79.9. The van der Waals surface area contributed by atoms with Crippen molar-refractivity contribution >= 4 is 33.2 Å². The van der Waals surface area contributed by atoms with Crippen molar-refractivity contribution in [2.45, 2.75) is 13.5 Å². The quantitative estimate of drug-likeness (QED) is 0.746. The molecule has 0 radical (unpaired) electrons. The number of hydrogen-bond acceptors (Lipinski definition) is 5. The number of rotatable bonds is 4. The highest BCUT2D eigenvalue weighted by Crippen LogP contribution is 2.28. The van der Waals surface area contributed by atoms with Crippen molar-refractivity contribution in [2.24, 2.45) is 5.73 Å². The zero-order chi connectivity index (χ0) is 14.0. The number of benzene rings is 1. The molecule has 2 aromatic rings. The van der Waals surface area contributed by atoms with Crippen LogP contribution in [0, 0.1) is 6.92 Å². The summed E-state index contributed by atoms with van der Waals surface area (Å²) in [6, 6.07) is 5.07. The fraction of sp³-hybridized carbons (Fsp3) is 0.167. The van der Waals surface area contributed by atoms with Crippen molar-refractivity contribution in [3.05, 3.63) is 39.7 Å². The summed E-state index contributed by atoms with van der Waals surface area (Å²) in [5.74, 6) is 0.177. The molecule has 100 valence electrons. The van der Waals surface area contributed by atoms with Gasteiger partial charge in [-0.05, 0) is 35.0 Å². The summed E-state index contributed by atoms with van der Waals surface area (Å²) < 4.78 is 5.71. The number of anilines is 2. The lowest BCUT2D eigenvalue weighted by Gasteiger charge is -2.10. The van der Waals surface area contributed by atoms with Crippen LogP contribution in [0.1, 0.15) is 21.8 Å². The SMILES string of the molecule is Cc1cc(CNc2cc(C(N)=O)c(N)cc2Br)no1.